The molecule has 0 aromatic carbocycles. The molecule has 0 aliphatic carbocycles. The summed E-state index contributed by atoms with van der Waals surface area (Å²) >= 11 is 0. The van der Waals surface area contributed by atoms with E-state index in [9.17, 15) is 4.79 Å². The monoisotopic (exact) mass is 248 g/mol. The fraction of sp³-hybridized carbons (Fsp3) is 0.500. The van der Waals surface area contributed by atoms with E-state index < -0.39 is 0 Å². The number of nitrogens with zero attached hydrogens (tertiary/aromatic N) is 2. The summed E-state index contributed by atoms with van der Waals surface area (Å²) in [5, 5.41) is 0. The molecule has 1 unspecified atom stereocenters. The fourth-order valence-electron chi connectivity index (χ4n) is 2.49. The van der Waals surface area contributed by atoms with Gasteiger partial charge in [-0.1, -0.05) is 31.4 Å². The summed E-state index contributed by atoms with van der Waals surface area (Å²) in [6.07, 6.45) is 5.61. The molecule has 2 heterocycles. The molecule has 0 N–H and O–H groups in total. The van der Waals surface area contributed by atoms with E-state index in [2.05, 4.69) is 18.1 Å². The Balaban J connectivity index is 1.94. The third kappa shape index (κ3) is 2.89. The lowest BCUT2D eigenvalue weighted by Gasteiger charge is -2.43. The first-order chi connectivity index (χ1) is 8.74. The Morgan fingerprint density at radius 3 is 3.00 bits per heavy atom. The zero-order valence-electron chi connectivity index (χ0n) is 10.7. The van der Waals surface area contributed by atoms with Gasteiger partial charge in [0.15, 0.2) is 0 Å². The predicted octanol–water partition coefficient (Wildman–Crippen LogP) is 0.828. The van der Waals surface area contributed by atoms with Crippen LogP contribution in [0.4, 0.5) is 0 Å². The number of fused-ring (bicyclic) bond motifs is 1. The lowest BCUT2D eigenvalue weighted by molar-refractivity contribution is -0.152. The molecule has 0 aromatic heterocycles. The van der Waals surface area contributed by atoms with Crippen molar-refractivity contribution in [2.75, 3.05) is 39.4 Å². The average Bonchev–Trinajstić information content (AvgIpc) is 2.38. The second-order valence-corrected chi connectivity index (χ2v) is 4.67. The molecule has 2 rings (SSSR count). The first-order valence-corrected chi connectivity index (χ1v) is 6.28. The zero-order valence-corrected chi connectivity index (χ0v) is 10.7. The van der Waals surface area contributed by atoms with Gasteiger partial charge >= 0.3 is 0 Å². The Kier molecular flexibility index (Phi) is 4.33. The third-order valence-corrected chi connectivity index (χ3v) is 3.42. The first kappa shape index (κ1) is 13.1. The average molecular weight is 248 g/mol. The molecule has 2 fully saturated rings. The SMILES string of the molecule is C=C/C=C(\C=C)CN1CCN2C(=O)COCC2C1. The van der Waals surface area contributed by atoms with E-state index in [-0.39, 0.29) is 18.6 Å². The number of amides is 1. The van der Waals surface area contributed by atoms with Crippen LogP contribution in [0.1, 0.15) is 0 Å². The summed E-state index contributed by atoms with van der Waals surface area (Å²) in [4.78, 5) is 15.9. The third-order valence-electron chi connectivity index (χ3n) is 3.42. The van der Waals surface area contributed by atoms with Crippen molar-refractivity contribution in [3.8, 4) is 0 Å². The second kappa shape index (κ2) is 5.98. The van der Waals surface area contributed by atoms with E-state index in [1.165, 1.54) is 0 Å². The van der Waals surface area contributed by atoms with Crippen molar-refractivity contribution in [2.24, 2.45) is 0 Å². The molecule has 0 bridgehead atoms. The molecule has 1 amide bonds. The minimum atomic E-state index is 0.122. The van der Waals surface area contributed by atoms with Crippen LogP contribution in [0.3, 0.4) is 0 Å². The Bertz CT molecular complexity index is 376. The minimum absolute atomic E-state index is 0.122. The lowest BCUT2D eigenvalue weighted by Crippen LogP contribution is -2.60. The van der Waals surface area contributed by atoms with Gasteiger partial charge in [0.1, 0.15) is 6.61 Å². The van der Waals surface area contributed by atoms with E-state index in [0.29, 0.717) is 6.61 Å². The van der Waals surface area contributed by atoms with Gasteiger partial charge in [-0.05, 0) is 5.57 Å². The number of hydrogen-bond donors (Lipinski definition) is 0. The van der Waals surface area contributed by atoms with Gasteiger partial charge in [-0.25, -0.2) is 0 Å². The topological polar surface area (TPSA) is 32.8 Å². The van der Waals surface area contributed by atoms with Crippen molar-refractivity contribution in [1.29, 1.82) is 0 Å². The summed E-state index contributed by atoms with van der Waals surface area (Å²) in [5.41, 5.74) is 1.15. The van der Waals surface area contributed by atoms with Crippen molar-refractivity contribution in [3.63, 3.8) is 0 Å². The van der Waals surface area contributed by atoms with Crippen molar-refractivity contribution in [1.82, 2.24) is 9.80 Å². The van der Waals surface area contributed by atoms with Crippen LogP contribution in [0.5, 0.6) is 0 Å². The predicted molar refractivity (Wildman–Crippen MR) is 71.2 cm³/mol. The Labute approximate surface area is 108 Å². The Hall–Kier alpha value is -1.39. The van der Waals surface area contributed by atoms with Gasteiger partial charge in [-0.3, -0.25) is 9.69 Å². The highest BCUT2D eigenvalue weighted by molar-refractivity contribution is 5.78. The van der Waals surface area contributed by atoms with Crippen LogP contribution >= 0.6 is 0 Å². The molecule has 2 aliphatic rings. The highest BCUT2D eigenvalue weighted by atomic mass is 16.5. The standard InChI is InChI=1S/C14H20N2O2/c1-3-5-12(4-2)8-15-6-7-16-13(9-15)10-18-11-14(16)17/h3-5,13H,1-2,6-11H2/b12-5+. The molecule has 0 spiro atoms. The molecule has 98 valence electrons. The van der Waals surface area contributed by atoms with E-state index in [1.807, 2.05) is 17.1 Å². The van der Waals surface area contributed by atoms with Crippen LogP contribution < -0.4 is 0 Å². The van der Waals surface area contributed by atoms with Gasteiger partial charge in [-0.15, -0.1) is 0 Å². The lowest BCUT2D eigenvalue weighted by atomic mass is 10.1. The zero-order chi connectivity index (χ0) is 13.0. The normalized spacial score (nSPS) is 25.8. The number of allylic oxidation sites excluding steroid dienone is 2. The van der Waals surface area contributed by atoms with Crippen molar-refractivity contribution in [2.45, 2.75) is 6.04 Å². The summed E-state index contributed by atoms with van der Waals surface area (Å²) < 4.78 is 5.31. The molecule has 18 heavy (non-hydrogen) atoms. The minimum Gasteiger partial charge on any atom is -0.369 e. The molecular weight excluding hydrogens is 228 g/mol. The summed E-state index contributed by atoms with van der Waals surface area (Å²) in [5.74, 6) is 0.122. The van der Waals surface area contributed by atoms with Gasteiger partial charge < -0.3 is 9.64 Å². The van der Waals surface area contributed by atoms with E-state index >= 15 is 0 Å². The fourth-order valence-corrected chi connectivity index (χ4v) is 2.49. The molecule has 2 aliphatic heterocycles. The van der Waals surface area contributed by atoms with Crippen LogP contribution in [0.15, 0.2) is 37.0 Å². The molecule has 2 saturated heterocycles. The Morgan fingerprint density at radius 1 is 1.44 bits per heavy atom. The molecule has 4 nitrogen and oxygen atoms in total. The van der Waals surface area contributed by atoms with Gasteiger partial charge in [-0.2, -0.15) is 0 Å². The van der Waals surface area contributed by atoms with Crippen molar-refractivity contribution < 1.29 is 9.53 Å². The van der Waals surface area contributed by atoms with E-state index in [1.54, 1.807) is 6.08 Å². The maximum Gasteiger partial charge on any atom is 0.248 e. The van der Waals surface area contributed by atoms with E-state index in [4.69, 9.17) is 4.74 Å². The highest BCUT2D eigenvalue weighted by Gasteiger charge is 2.33. The Morgan fingerprint density at radius 2 is 2.28 bits per heavy atom. The largest absolute Gasteiger partial charge is 0.369 e. The summed E-state index contributed by atoms with van der Waals surface area (Å²) in [6, 6.07) is 0.204. The molecule has 1 atom stereocenters. The van der Waals surface area contributed by atoms with Crippen LogP contribution in [-0.2, 0) is 9.53 Å². The van der Waals surface area contributed by atoms with Crippen LogP contribution in [-0.4, -0.2) is 61.1 Å². The van der Waals surface area contributed by atoms with Gasteiger partial charge in [0.05, 0.1) is 12.6 Å². The maximum atomic E-state index is 11.7. The molecule has 4 heteroatoms. The number of rotatable bonds is 4. The second-order valence-electron chi connectivity index (χ2n) is 4.67. The smallest absolute Gasteiger partial charge is 0.248 e. The van der Waals surface area contributed by atoms with Crippen LogP contribution in [0.2, 0.25) is 0 Å². The van der Waals surface area contributed by atoms with Crippen LogP contribution in [0, 0.1) is 0 Å². The summed E-state index contributed by atoms with van der Waals surface area (Å²) in [7, 11) is 0. The first-order valence-electron chi connectivity index (χ1n) is 6.28. The quantitative estimate of drug-likeness (QED) is 0.691. The molecule has 0 aromatic rings. The van der Waals surface area contributed by atoms with E-state index in [0.717, 1.165) is 31.8 Å². The van der Waals surface area contributed by atoms with Crippen molar-refractivity contribution >= 4 is 5.91 Å². The molecule has 0 saturated carbocycles. The summed E-state index contributed by atoms with van der Waals surface area (Å²) in [6.45, 7) is 11.8. The highest BCUT2D eigenvalue weighted by Crippen LogP contribution is 2.15. The number of carbonyl (C=O) groups is 1. The number of ether oxygens (including phenoxy) is 1. The molecule has 0 radical (unpaired) electrons. The van der Waals surface area contributed by atoms with Gasteiger partial charge in [0.2, 0.25) is 5.91 Å². The molecular formula is C14H20N2O2. The number of piperazine rings is 1. The van der Waals surface area contributed by atoms with Crippen LogP contribution in [0.25, 0.3) is 0 Å². The maximum absolute atomic E-state index is 11.7. The van der Waals surface area contributed by atoms with Gasteiger partial charge in [0, 0.05) is 26.2 Å². The van der Waals surface area contributed by atoms with Crippen molar-refractivity contribution in [3.05, 3.63) is 37.0 Å². The van der Waals surface area contributed by atoms with Gasteiger partial charge in [0.25, 0.3) is 0 Å². The number of morpholine rings is 1. The number of carbonyl (C=O) groups excluding carboxylic acids is 1. The number of hydrogen-bond acceptors (Lipinski definition) is 3.